The zero-order valence-corrected chi connectivity index (χ0v) is 15.5. The molecule has 1 saturated heterocycles. The van der Waals surface area contributed by atoms with Crippen molar-refractivity contribution < 1.29 is 4.79 Å². The van der Waals surface area contributed by atoms with Gasteiger partial charge in [-0.25, -0.2) is 0 Å². The second-order valence-electron chi connectivity index (χ2n) is 7.51. The second-order valence-corrected chi connectivity index (χ2v) is 7.51. The van der Waals surface area contributed by atoms with E-state index in [1.54, 1.807) is 0 Å². The van der Waals surface area contributed by atoms with E-state index in [0.717, 1.165) is 32.7 Å². The van der Waals surface area contributed by atoms with Gasteiger partial charge in [0.2, 0.25) is 0 Å². The Kier molecular flexibility index (Phi) is 6.38. The summed E-state index contributed by atoms with van der Waals surface area (Å²) >= 11 is 0. The number of carbonyl (C=O) groups excluding carboxylic acids is 1. The van der Waals surface area contributed by atoms with Crippen molar-refractivity contribution in [1.29, 1.82) is 0 Å². The van der Waals surface area contributed by atoms with Crippen molar-refractivity contribution in [2.45, 2.75) is 32.9 Å². The predicted molar refractivity (Wildman–Crippen MR) is 99.0 cm³/mol. The van der Waals surface area contributed by atoms with E-state index in [4.69, 9.17) is 5.73 Å². The Balaban J connectivity index is 2.02. The van der Waals surface area contributed by atoms with Gasteiger partial charge in [-0.1, -0.05) is 26.0 Å². The summed E-state index contributed by atoms with van der Waals surface area (Å²) in [4.78, 5) is 17.4. The maximum absolute atomic E-state index is 12.6. The summed E-state index contributed by atoms with van der Waals surface area (Å²) in [5, 5.41) is 3.11. The van der Waals surface area contributed by atoms with Crippen molar-refractivity contribution in [3.63, 3.8) is 0 Å². The molecule has 1 aliphatic heterocycles. The number of nitrogens with one attached hydrogen (secondary N) is 1. The van der Waals surface area contributed by atoms with Crippen LogP contribution >= 0.6 is 0 Å². The number of amides is 1. The fourth-order valence-corrected chi connectivity index (χ4v) is 2.84. The molecule has 134 valence electrons. The zero-order chi connectivity index (χ0) is 17.7. The van der Waals surface area contributed by atoms with Crippen molar-refractivity contribution in [2.24, 2.45) is 11.7 Å². The van der Waals surface area contributed by atoms with Crippen molar-refractivity contribution in [1.82, 2.24) is 15.1 Å². The Bertz CT molecular complexity index is 552. The normalized spacial score (nSPS) is 19.2. The van der Waals surface area contributed by atoms with Crippen LogP contribution in [-0.2, 0) is 6.54 Å². The molecule has 0 radical (unpaired) electrons. The summed E-state index contributed by atoms with van der Waals surface area (Å²) < 4.78 is 0. The van der Waals surface area contributed by atoms with E-state index in [0.29, 0.717) is 12.1 Å². The highest BCUT2D eigenvalue weighted by Gasteiger charge is 2.29. The van der Waals surface area contributed by atoms with Gasteiger partial charge < -0.3 is 16.0 Å². The lowest BCUT2D eigenvalue weighted by Crippen LogP contribution is -2.55. The highest BCUT2D eigenvalue weighted by atomic mass is 16.1. The van der Waals surface area contributed by atoms with Gasteiger partial charge in [-0.2, -0.15) is 0 Å². The molecule has 5 nitrogen and oxygen atoms in total. The Morgan fingerprint density at radius 2 is 1.96 bits per heavy atom. The summed E-state index contributed by atoms with van der Waals surface area (Å²) in [5.41, 5.74) is 7.39. The van der Waals surface area contributed by atoms with Crippen LogP contribution in [0, 0.1) is 5.92 Å². The topological polar surface area (TPSA) is 61.6 Å². The van der Waals surface area contributed by atoms with E-state index in [1.165, 1.54) is 5.56 Å². The van der Waals surface area contributed by atoms with Crippen LogP contribution in [-0.4, -0.2) is 61.0 Å². The molecule has 0 bridgehead atoms. The smallest absolute Gasteiger partial charge is 0.251 e. The third-order valence-corrected chi connectivity index (χ3v) is 5.29. The Morgan fingerprint density at radius 3 is 2.54 bits per heavy atom. The third-order valence-electron chi connectivity index (χ3n) is 5.29. The van der Waals surface area contributed by atoms with Crippen LogP contribution in [0.4, 0.5) is 0 Å². The van der Waals surface area contributed by atoms with Crippen LogP contribution in [0.1, 0.15) is 36.7 Å². The fraction of sp³-hybridized carbons (Fsp3) is 0.632. The molecule has 1 amide bonds. The summed E-state index contributed by atoms with van der Waals surface area (Å²) in [7, 11) is 2.16. The number of nitrogens with zero attached hydrogens (tertiary/aromatic N) is 2. The molecule has 1 unspecified atom stereocenters. The van der Waals surface area contributed by atoms with Gasteiger partial charge in [0.05, 0.1) is 5.54 Å². The van der Waals surface area contributed by atoms with Crippen molar-refractivity contribution in [2.75, 3.05) is 39.8 Å². The molecule has 1 aromatic carbocycles. The lowest BCUT2D eigenvalue weighted by Gasteiger charge is -2.34. The quantitative estimate of drug-likeness (QED) is 0.829. The molecule has 1 heterocycles. The number of carbonyl (C=O) groups is 1. The minimum atomic E-state index is -0.384. The van der Waals surface area contributed by atoms with Crippen LogP contribution < -0.4 is 11.1 Å². The van der Waals surface area contributed by atoms with Crippen LogP contribution in [0.15, 0.2) is 24.3 Å². The van der Waals surface area contributed by atoms with Crippen LogP contribution in [0.5, 0.6) is 0 Å². The number of rotatable bonds is 6. The first kappa shape index (κ1) is 18.9. The van der Waals surface area contributed by atoms with Gasteiger partial charge >= 0.3 is 0 Å². The number of nitrogens with two attached hydrogens (primary N) is 1. The molecule has 2 rings (SSSR count). The van der Waals surface area contributed by atoms with E-state index < -0.39 is 0 Å². The van der Waals surface area contributed by atoms with E-state index in [-0.39, 0.29) is 17.4 Å². The molecule has 0 spiro atoms. The average Bonchev–Trinajstić information content (AvgIpc) is 2.57. The molecule has 0 saturated carbocycles. The fourth-order valence-electron chi connectivity index (χ4n) is 2.84. The van der Waals surface area contributed by atoms with Gasteiger partial charge in [-0.05, 0) is 37.6 Å². The minimum Gasteiger partial charge on any atom is -0.345 e. The monoisotopic (exact) mass is 332 g/mol. The largest absolute Gasteiger partial charge is 0.345 e. The van der Waals surface area contributed by atoms with Gasteiger partial charge in [0.1, 0.15) is 0 Å². The number of hydrogen-bond donors (Lipinski definition) is 2. The molecule has 24 heavy (non-hydrogen) atoms. The molecule has 5 heteroatoms. The van der Waals surface area contributed by atoms with Crippen molar-refractivity contribution in [3.8, 4) is 0 Å². The number of hydrogen-bond acceptors (Lipinski definition) is 4. The van der Waals surface area contributed by atoms with Gasteiger partial charge in [0.15, 0.2) is 0 Å². The number of benzene rings is 1. The summed E-state index contributed by atoms with van der Waals surface area (Å²) in [6.45, 7) is 11.8. The molecular weight excluding hydrogens is 300 g/mol. The molecule has 1 aromatic rings. The number of likely N-dealkylation sites (N-methyl/N-ethyl adjacent to an activating group) is 1. The second kappa shape index (κ2) is 8.10. The first-order valence-electron chi connectivity index (χ1n) is 8.86. The van der Waals surface area contributed by atoms with Gasteiger partial charge in [-0.3, -0.25) is 9.69 Å². The zero-order valence-electron chi connectivity index (χ0n) is 15.5. The lowest BCUT2D eigenvalue weighted by atomic mass is 9.88. The Labute approximate surface area is 146 Å². The minimum absolute atomic E-state index is 0.0446. The van der Waals surface area contributed by atoms with Crippen LogP contribution in [0.2, 0.25) is 0 Å². The average molecular weight is 332 g/mol. The molecule has 1 aliphatic rings. The molecule has 0 aliphatic carbocycles. The highest BCUT2D eigenvalue weighted by molar-refractivity contribution is 5.94. The van der Waals surface area contributed by atoms with E-state index in [1.807, 2.05) is 25.1 Å². The number of piperazine rings is 1. The molecular formula is C19H32N4O. The van der Waals surface area contributed by atoms with E-state index >= 15 is 0 Å². The van der Waals surface area contributed by atoms with Crippen molar-refractivity contribution in [3.05, 3.63) is 35.4 Å². The highest BCUT2D eigenvalue weighted by Crippen LogP contribution is 2.17. The SMILES string of the molecule is CC(C)C(C)(CN)NC(=O)c1cccc(CN2CCN(C)CC2)c1. The van der Waals surface area contributed by atoms with E-state index in [2.05, 4.69) is 42.1 Å². The van der Waals surface area contributed by atoms with Gasteiger partial charge in [0.25, 0.3) is 5.91 Å². The summed E-state index contributed by atoms with van der Waals surface area (Å²) in [6.07, 6.45) is 0. The third kappa shape index (κ3) is 4.79. The van der Waals surface area contributed by atoms with Crippen molar-refractivity contribution >= 4 is 5.91 Å². The van der Waals surface area contributed by atoms with Gasteiger partial charge in [0, 0.05) is 44.8 Å². The molecule has 3 N–H and O–H groups in total. The first-order valence-corrected chi connectivity index (χ1v) is 8.86. The van der Waals surface area contributed by atoms with Crippen LogP contribution in [0.3, 0.4) is 0 Å². The van der Waals surface area contributed by atoms with E-state index in [9.17, 15) is 4.79 Å². The summed E-state index contributed by atoms with van der Waals surface area (Å²) in [5.74, 6) is 0.233. The standard InChI is InChI=1S/C19H32N4O/c1-15(2)19(3,14-20)21-18(24)17-7-5-6-16(12-17)13-23-10-8-22(4)9-11-23/h5-7,12,15H,8-11,13-14,20H2,1-4H3,(H,21,24). The van der Waals surface area contributed by atoms with Crippen LogP contribution in [0.25, 0.3) is 0 Å². The molecule has 1 atom stereocenters. The Morgan fingerprint density at radius 1 is 1.29 bits per heavy atom. The molecule has 1 fully saturated rings. The van der Waals surface area contributed by atoms with Gasteiger partial charge in [-0.15, -0.1) is 0 Å². The maximum Gasteiger partial charge on any atom is 0.251 e. The lowest BCUT2D eigenvalue weighted by molar-refractivity contribution is 0.0883. The maximum atomic E-state index is 12.6. The summed E-state index contributed by atoms with van der Waals surface area (Å²) in [6, 6.07) is 7.94. The molecule has 0 aromatic heterocycles. The Hall–Kier alpha value is -1.43. The first-order chi connectivity index (χ1) is 11.3. The predicted octanol–water partition coefficient (Wildman–Crippen LogP) is 1.54.